The number of esters is 2. The van der Waals surface area contributed by atoms with Crippen LogP contribution in [0.5, 0.6) is 0 Å². The third-order valence-electron chi connectivity index (χ3n) is 3.08. The summed E-state index contributed by atoms with van der Waals surface area (Å²) in [5.41, 5.74) is 1.96. The topological polar surface area (TPSA) is 65.7 Å². The maximum atomic E-state index is 12.2. The van der Waals surface area contributed by atoms with Gasteiger partial charge in [0.25, 0.3) is 0 Å². The molecular formula is C17H18O5. The molecular weight excluding hydrogens is 284 g/mol. The minimum absolute atomic E-state index is 0.0795. The van der Waals surface area contributed by atoms with E-state index in [0.29, 0.717) is 11.3 Å². The van der Waals surface area contributed by atoms with E-state index in [9.17, 15) is 9.59 Å². The highest BCUT2D eigenvalue weighted by molar-refractivity contribution is 6.07. The Balaban J connectivity index is 2.52. The quantitative estimate of drug-likeness (QED) is 0.789. The number of ether oxygens (including phenoxy) is 2. The first-order valence-electron chi connectivity index (χ1n) is 7.11. The smallest absolute Gasteiger partial charge is 0.342 e. The standard InChI is InChI=1S/C17H18O5/c1-4-20-16(18)13-10-22-15(14(13)17(19)21-5-2)12-8-6-11(3)7-9-12/h6-10H,4-5H2,1-3H3. The third kappa shape index (κ3) is 3.19. The van der Waals surface area contributed by atoms with E-state index in [1.54, 1.807) is 13.8 Å². The van der Waals surface area contributed by atoms with Crippen molar-refractivity contribution in [1.29, 1.82) is 0 Å². The Morgan fingerprint density at radius 3 is 2.18 bits per heavy atom. The Kier molecular flexibility index (Phi) is 4.99. The molecule has 0 saturated carbocycles. The molecule has 0 radical (unpaired) electrons. The Hall–Kier alpha value is -2.56. The largest absolute Gasteiger partial charge is 0.462 e. The van der Waals surface area contributed by atoms with Gasteiger partial charge in [0.2, 0.25) is 0 Å². The Bertz CT molecular complexity index is 667. The fraction of sp³-hybridized carbons (Fsp3) is 0.294. The maximum absolute atomic E-state index is 12.2. The fourth-order valence-electron chi connectivity index (χ4n) is 2.04. The molecule has 5 heteroatoms. The lowest BCUT2D eigenvalue weighted by Gasteiger charge is -2.06. The monoisotopic (exact) mass is 302 g/mol. The van der Waals surface area contributed by atoms with Crippen LogP contribution in [0.25, 0.3) is 11.3 Å². The van der Waals surface area contributed by atoms with Gasteiger partial charge in [-0.1, -0.05) is 29.8 Å². The molecule has 1 heterocycles. The normalized spacial score (nSPS) is 10.3. The van der Waals surface area contributed by atoms with E-state index < -0.39 is 11.9 Å². The summed E-state index contributed by atoms with van der Waals surface area (Å²) in [4.78, 5) is 24.2. The first-order chi connectivity index (χ1) is 10.6. The van der Waals surface area contributed by atoms with Crippen LogP contribution in [0.2, 0.25) is 0 Å². The molecule has 0 saturated heterocycles. The van der Waals surface area contributed by atoms with E-state index in [-0.39, 0.29) is 24.3 Å². The summed E-state index contributed by atoms with van der Waals surface area (Å²) in [5, 5.41) is 0. The van der Waals surface area contributed by atoms with E-state index in [4.69, 9.17) is 13.9 Å². The van der Waals surface area contributed by atoms with Gasteiger partial charge in [0.15, 0.2) is 0 Å². The minimum Gasteiger partial charge on any atom is -0.462 e. The second-order valence-corrected chi connectivity index (χ2v) is 4.66. The molecule has 0 bridgehead atoms. The molecule has 0 atom stereocenters. The van der Waals surface area contributed by atoms with Gasteiger partial charge < -0.3 is 13.9 Å². The average Bonchev–Trinajstić information content (AvgIpc) is 2.93. The molecule has 0 aliphatic carbocycles. The van der Waals surface area contributed by atoms with Gasteiger partial charge in [0.05, 0.1) is 13.2 Å². The predicted molar refractivity (Wildman–Crippen MR) is 80.8 cm³/mol. The summed E-state index contributed by atoms with van der Waals surface area (Å²) >= 11 is 0. The zero-order valence-electron chi connectivity index (χ0n) is 12.8. The molecule has 0 unspecified atom stereocenters. The lowest BCUT2D eigenvalue weighted by Crippen LogP contribution is -2.12. The zero-order chi connectivity index (χ0) is 16.1. The van der Waals surface area contributed by atoms with Crippen LogP contribution in [0.15, 0.2) is 34.9 Å². The molecule has 0 aliphatic rings. The summed E-state index contributed by atoms with van der Waals surface area (Å²) in [6.07, 6.45) is 1.24. The van der Waals surface area contributed by atoms with Crippen LogP contribution in [0.4, 0.5) is 0 Å². The van der Waals surface area contributed by atoms with Crippen molar-refractivity contribution in [3.8, 4) is 11.3 Å². The molecule has 116 valence electrons. The number of hydrogen-bond acceptors (Lipinski definition) is 5. The Labute approximate surface area is 128 Å². The van der Waals surface area contributed by atoms with E-state index >= 15 is 0 Å². The number of hydrogen-bond donors (Lipinski definition) is 0. The van der Waals surface area contributed by atoms with E-state index in [2.05, 4.69) is 0 Å². The van der Waals surface area contributed by atoms with Crippen molar-refractivity contribution in [3.05, 3.63) is 47.2 Å². The molecule has 1 aromatic carbocycles. The van der Waals surface area contributed by atoms with Crippen molar-refractivity contribution in [2.24, 2.45) is 0 Å². The molecule has 0 N–H and O–H groups in total. The van der Waals surface area contributed by atoms with E-state index in [1.165, 1.54) is 6.26 Å². The molecule has 22 heavy (non-hydrogen) atoms. The maximum Gasteiger partial charge on any atom is 0.342 e. The SMILES string of the molecule is CCOC(=O)c1coc(-c2ccc(C)cc2)c1C(=O)OCC. The highest BCUT2D eigenvalue weighted by atomic mass is 16.5. The number of carbonyl (C=O) groups is 2. The molecule has 0 spiro atoms. The number of carbonyl (C=O) groups excluding carboxylic acids is 2. The number of aryl methyl sites for hydroxylation is 1. The van der Waals surface area contributed by atoms with E-state index in [1.807, 2.05) is 31.2 Å². The average molecular weight is 302 g/mol. The van der Waals surface area contributed by atoms with Gasteiger partial charge in [-0.2, -0.15) is 0 Å². The number of furan rings is 1. The van der Waals surface area contributed by atoms with Crippen LogP contribution in [0, 0.1) is 6.92 Å². The van der Waals surface area contributed by atoms with Crippen LogP contribution in [-0.4, -0.2) is 25.2 Å². The van der Waals surface area contributed by atoms with Crippen molar-refractivity contribution in [1.82, 2.24) is 0 Å². The van der Waals surface area contributed by atoms with Gasteiger partial charge in [0.1, 0.15) is 23.2 Å². The highest BCUT2D eigenvalue weighted by Gasteiger charge is 2.27. The third-order valence-corrected chi connectivity index (χ3v) is 3.08. The molecule has 2 rings (SSSR count). The lowest BCUT2D eigenvalue weighted by atomic mass is 10.0. The second kappa shape index (κ2) is 6.93. The van der Waals surface area contributed by atoms with Crippen molar-refractivity contribution in [3.63, 3.8) is 0 Å². The lowest BCUT2D eigenvalue weighted by molar-refractivity contribution is 0.0481. The minimum atomic E-state index is -0.604. The van der Waals surface area contributed by atoms with Crippen molar-refractivity contribution in [2.45, 2.75) is 20.8 Å². The van der Waals surface area contributed by atoms with Crippen LogP contribution < -0.4 is 0 Å². The van der Waals surface area contributed by atoms with Crippen molar-refractivity contribution in [2.75, 3.05) is 13.2 Å². The van der Waals surface area contributed by atoms with Crippen LogP contribution in [0.1, 0.15) is 40.1 Å². The van der Waals surface area contributed by atoms with Gasteiger partial charge in [0, 0.05) is 5.56 Å². The second-order valence-electron chi connectivity index (χ2n) is 4.66. The van der Waals surface area contributed by atoms with Gasteiger partial charge >= 0.3 is 11.9 Å². The summed E-state index contributed by atoms with van der Waals surface area (Å²) in [6.45, 7) is 5.78. The zero-order valence-corrected chi connectivity index (χ0v) is 12.8. The molecule has 1 aromatic heterocycles. The van der Waals surface area contributed by atoms with Gasteiger partial charge in [-0.3, -0.25) is 0 Å². The molecule has 2 aromatic rings. The number of rotatable bonds is 5. The first-order valence-corrected chi connectivity index (χ1v) is 7.11. The fourth-order valence-corrected chi connectivity index (χ4v) is 2.04. The van der Waals surface area contributed by atoms with E-state index in [0.717, 1.165) is 5.56 Å². The predicted octanol–water partition coefficient (Wildman–Crippen LogP) is 3.61. The molecule has 0 amide bonds. The Morgan fingerprint density at radius 1 is 1.00 bits per heavy atom. The van der Waals surface area contributed by atoms with Gasteiger partial charge in [-0.25, -0.2) is 9.59 Å². The van der Waals surface area contributed by atoms with Gasteiger partial charge in [-0.05, 0) is 20.8 Å². The van der Waals surface area contributed by atoms with Crippen molar-refractivity contribution < 1.29 is 23.5 Å². The first kappa shape index (κ1) is 15.8. The molecule has 0 fully saturated rings. The highest BCUT2D eigenvalue weighted by Crippen LogP contribution is 2.30. The summed E-state index contributed by atoms with van der Waals surface area (Å²) < 4.78 is 15.4. The summed E-state index contributed by atoms with van der Waals surface area (Å²) in [5.74, 6) is -0.899. The van der Waals surface area contributed by atoms with Crippen LogP contribution in [0.3, 0.4) is 0 Å². The number of benzene rings is 1. The summed E-state index contributed by atoms with van der Waals surface area (Å²) in [7, 11) is 0. The van der Waals surface area contributed by atoms with Crippen molar-refractivity contribution >= 4 is 11.9 Å². The van der Waals surface area contributed by atoms with Crippen LogP contribution in [-0.2, 0) is 9.47 Å². The molecule has 5 nitrogen and oxygen atoms in total. The van der Waals surface area contributed by atoms with Gasteiger partial charge in [-0.15, -0.1) is 0 Å². The van der Waals surface area contributed by atoms with Crippen LogP contribution >= 0.6 is 0 Å². The molecule has 0 aliphatic heterocycles. The Morgan fingerprint density at radius 2 is 1.59 bits per heavy atom. The summed E-state index contributed by atoms with van der Waals surface area (Å²) in [6, 6.07) is 7.45.